The number of rotatable bonds is 9. The van der Waals surface area contributed by atoms with Gasteiger partial charge in [0.05, 0.1) is 33.0 Å². The van der Waals surface area contributed by atoms with Gasteiger partial charge in [0.15, 0.2) is 9.84 Å². The van der Waals surface area contributed by atoms with Gasteiger partial charge in [-0.2, -0.15) is 0 Å². The largest absolute Gasteiger partial charge is 0.457 e. The summed E-state index contributed by atoms with van der Waals surface area (Å²) in [4.78, 5) is 16.9. The quantitative estimate of drug-likeness (QED) is 0.421. The lowest BCUT2D eigenvalue weighted by Crippen LogP contribution is -2.22. The highest BCUT2D eigenvalue weighted by Gasteiger charge is 2.21. The van der Waals surface area contributed by atoms with Gasteiger partial charge in [0.1, 0.15) is 12.4 Å². The van der Waals surface area contributed by atoms with Crippen LogP contribution in [0.4, 0.5) is 0 Å². The molecule has 9 nitrogen and oxygen atoms in total. The van der Waals surface area contributed by atoms with Gasteiger partial charge in [0.2, 0.25) is 10.0 Å². The average Bonchev–Trinajstić information content (AvgIpc) is 3.13. The summed E-state index contributed by atoms with van der Waals surface area (Å²) in [5, 5.41) is 0. The van der Waals surface area contributed by atoms with Crippen LogP contribution in [-0.2, 0) is 42.5 Å². The smallest absolute Gasteiger partial charge is 0.307 e. The number of ether oxygens (including phenoxy) is 1. The topological polar surface area (TPSA) is 116 Å². The fourth-order valence-corrected chi connectivity index (χ4v) is 5.44. The number of sulfonamides is 1. The molecule has 0 radical (unpaired) electrons. The molecule has 3 aromatic rings. The van der Waals surface area contributed by atoms with Crippen molar-refractivity contribution in [3.8, 4) is 0 Å². The molecule has 1 heterocycles. The maximum atomic E-state index is 12.4. The number of fused-ring (bicyclic) bond motifs is 1. The maximum absolute atomic E-state index is 12.4. The van der Waals surface area contributed by atoms with E-state index in [1.165, 1.54) is 38.4 Å². The number of sulfone groups is 1. The van der Waals surface area contributed by atoms with Gasteiger partial charge < -0.3 is 9.30 Å². The highest BCUT2D eigenvalue weighted by atomic mass is 32.2. The fraction of sp³-hybridized carbons (Fsp3) is 0.364. The Labute approximate surface area is 194 Å². The van der Waals surface area contributed by atoms with Crippen LogP contribution in [0.15, 0.2) is 52.3 Å². The number of esters is 1. The lowest BCUT2D eigenvalue weighted by atomic mass is 10.2. The molecule has 11 heteroatoms. The van der Waals surface area contributed by atoms with Crippen LogP contribution in [0, 0.1) is 6.92 Å². The molecule has 1 aromatic heterocycles. The third-order valence-electron chi connectivity index (χ3n) is 5.21. The van der Waals surface area contributed by atoms with Crippen LogP contribution in [0.1, 0.15) is 24.7 Å². The van der Waals surface area contributed by atoms with Crippen molar-refractivity contribution in [1.29, 1.82) is 0 Å². The third-order valence-corrected chi connectivity index (χ3v) is 8.75. The molecule has 0 saturated carbocycles. The number of benzene rings is 2. The first-order valence-electron chi connectivity index (χ1n) is 10.3. The first kappa shape index (κ1) is 24.9. The Morgan fingerprint density at radius 3 is 2.27 bits per heavy atom. The highest BCUT2D eigenvalue weighted by Crippen LogP contribution is 2.23. The van der Waals surface area contributed by atoms with Crippen molar-refractivity contribution in [2.45, 2.75) is 43.2 Å². The van der Waals surface area contributed by atoms with Gasteiger partial charge in [-0.1, -0.05) is 17.7 Å². The zero-order chi connectivity index (χ0) is 24.4. The summed E-state index contributed by atoms with van der Waals surface area (Å²) in [6.45, 7) is 4.14. The van der Waals surface area contributed by atoms with Crippen molar-refractivity contribution in [3.05, 3.63) is 53.9 Å². The Morgan fingerprint density at radius 2 is 1.67 bits per heavy atom. The molecule has 0 aliphatic carbocycles. The minimum atomic E-state index is -3.61. The molecule has 178 valence electrons. The number of aromatic nitrogens is 2. The van der Waals surface area contributed by atoms with Crippen molar-refractivity contribution in [2.75, 3.05) is 19.8 Å². The van der Waals surface area contributed by atoms with Crippen LogP contribution in [0.3, 0.4) is 0 Å². The second-order valence-corrected chi connectivity index (χ2v) is 12.0. The summed E-state index contributed by atoms with van der Waals surface area (Å²) in [5.41, 5.74) is 2.12. The van der Waals surface area contributed by atoms with Gasteiger partial charge in [-0.05, 0) is 44.2 Å². The van der Waals surface area contributed by atoms with Crippen LogP contribution in [-0.4, -0.2) is 56.5 Å². The molecule has 0 spiro atoms. The van der Waals surface area contributed by atoms with Crippen molar-refractivity contribution in [1.82, 2.24) is 13.9 Å². The van der Waals surface area contributed by atoms with E-state index in [-0.39, 0.29) is 28.6 Å². The number of imidazole rings is 1. The van der Waals surface area contributed by atoms with E-state index in [0.29, 0.717) is 23.4 Å². The predicted octanol–water partition coefficient (Wildman–Crippen LogP) is 2.52. The van der Waals surface area contributed by atoms with E-state index in [2.05, 4.69) is 4.98 Å². The Hall–Kier alpha value is -2.76. The molecule has 0 fully saturated rings. The van der Waals surface area contributed by atoms with E-state index >= 15 is 0 Å². The molecule has 3 rings (SSSR count). The van der Waals surface area contributed by atoms with Gasteiger partial charge in [-0.3, -0.25) is 4.79 Å². The van der Waals surface area contributed by atoms with Gasteiger partial charge in [0.25, 0.3) is 0 Å². The van der Waals surface area contributed by atoms with Gasteiger partial charge in [-0.25, -0.2) is 26.1 Å². The summed E-state index contributed by atoms with van der Waals surface area (Å²) >= 11 is 0. The number of carbonyl (C=O) groups excluding carboxylic acids is 1. The summed E-state index contributed by atoms with van der Waals surface area (Å²) in [6.07, 6.45) is -0.284. The third kappa shape index (κ3) is 5.43. The van der Waals surface area contributed by atoms with Crippen LogP contribution in [0.25, 0.3) is 11.0 Å². The molecular formula is C22H27N3O6S2. The molecule has 0 atom stereocenters. The second kappa shape index (κ2) is 9.62. The molecule has 2 aromatic carbocycles. The molecule has 0 saturated heterocycles. The molecule has 0 N–H and O–H groups in total. The Balaban J connectivity index is 1.71. The summed E-state index contributed by atoms with van der Waals surface area (Å²) < 4.78 is 57.9. The summed E-state index contributed by atoms with van der Waals surface area (Å²) in [7, 11) is -4.30. The molecule has 0 amide bonds. The number of hydrogen-bond donors (Lipinski definition) is 0. The van der Waals surface area contributed by atoms with Gasteiger partial charge in [-0.15, -0.1) is 0 Å². The van der Waals surface area contributed by atoms with E-state index in [0.717, 1.165) is 9.87 Å². The summed E-state index contributed by atoms with van der Waals surface area (Å²) in [5.74, 6) is -0.567. The first-order valence-corrected chi connectivity index (χ1v) is 13.4. The highest BCUT2D eigenvalue weighted by molar-refractivity contribution is 7.91. The van der Waals surface area contributed by atoms with E-state index in [1.807, 2.05) is 18.4 Å². The van der Waals surface area contributed by atoms with Crippen molar-refractivity contribution in [2.24, 2.45) is 0 Å². The lowest BCUT2D eigenvalue weighted by molar-refractivity contribution is -0.144. The number of aryl methyl sites for hydroxylation is 2. The van der Waals surface area contributed by atoms with Crippen LogP contribution < -0.4 is 0 Å². The minimum absolute atomic E-state index is 0.116. The van der Waals surface area contributed by atoms with Crippen LogP contribution in [0.2, 0.25) is 0 Å². The normalized spacial score (nSPS) is 12.4. The first-order chi connectivity index (χ1) is 15.5. The SMILES string of the molecule is CCn1c(COC(=O)CCS(=O)(=O)c2ccc(C)cc2)nc2cc(S(=O)(=O)N(C)C)ccc21. The van der Waals surface area contributed by atoms with E-state index < -0.39 is 25.8 Å². The van der Waals surface area contributed by atoms with Gasteiger partial charge >= 0.3 is 5.97 Å². The minimum Gasteiger partial charge on any atom is -0.457 e. The van der Waals surface area contributed by atoms with E-state index in [9.17, 15) is 21.6 Å². The van der Waals surface area contributed by atoms with Gasteiger partial charge in [0, 0.05) is 20.6 Å². The summed E-state index contributed by atoms with van der Waals surface area (Å²) in [6, 6.07) is 11.1. The van der Waals surface area contributed by atoms with Crippen molar-refractivity contribution in [3.63, 3.8) is 0 Å². The monoisotopic (exact) mass is 493 g/mol. The lowest BCUT2D eigenvalue weighted by Gasteiger charge is -2.11. The molecular weight excluding hydrogens is 466 g/mol. The standard InChI is InChI=1S/C22H27N3O6S2/c1-5-25-20-11-10-18(33(29,30)24(3)4)14-19(20)23-21(25)15-31-22(26)12-13-32(27,28)17-8-6-16(2)7-9-17/h6-11,14H,5,12-13,15H2,1-4H3. The predicted molar refractivity (Wildman–Crippen MR) is 124 cm³/mol. The number of hydrogen-bond acceptors (Lipinski definition) is 7. The van der Waals surface area contributed by atoms with Crippen molar-refractivity contribution < 1.29 is 26.4 Å². The molecule has 0 aliphatic heterocycles. The molecule has 33 heavy (non-hydrogen) atoms. The molecule has 0 unspecified atom stereocenters. The number of nitrogens with zero attached hydrogens (tertiary/aromatic N) is 3. The van der Waals surface area contributed by atoms with E-state index in [1.54, 1.807) is 18.2 Å². The average molecular weight is 494 g/mol. The Kier molecular flexibility index (Phi) is 7.25. The Bertz CT molecular complexity index is 1380. The second-order valence-electron chi connectivity index (χ2n) is 7.75. The maximum Gasteiger partial charge on any atom is 0.307 e. The van der Waals surface area contributed by atoms with Crippen LogP contribution in [0.5, 0.6) is 0 Å². The number of carbonyl (C=O) groups is 1. The van der Waals surface area contributed by atoms with Crippen molar-refractivity contribution >= 4 is 36.9 Å². The molecule has 0 aliphatic rings. The van der Waals surface area contributed by atoms with E-state index in [4.69, 9.17) is 4.74 Å². The molecule has 0 bridgehead atoms. The zero-order valence-electron chi connectivity index (χ0n) is 19.0. The van der Waals surface area contributed by atoms with Crippen LogP contribution >= 0.6 is 0 Å². The zero-order valence-corrected chi connectivity index (χ0v) is 20.6. The Morgan fingerprint density at radius 1 is 1.03 bits per heavy atom. The fourth-order valence-electron chi connectivity index (χ4n) is 3.29.